The van der Waals surface area contributed by atoms with E-state index in [1.807, 2.05) is 12.1 Å². The molecule has 0 saturated heterocycles. The first-order valence-electron chi connectivity index (χ1n) is 5.94. The Bertz CT molecular complexity index is 718. The van der Waals surface area contributed by atoms with E-state index < -0.39 is 4.92 Å². The zero-order valence-electron chi connectivity index (χ0n) is 10.8. The smallest absolute Gasteiger partial charge is 0.288 e. The quantitative estimate of drug-likeness (QED) is 0.532. The van der Waals surface area contributed by atoms with E-state index in [1.165, 1.54) is 29.5 Å². The number of rotatable bonds is 4. The van der Waals surface area contributed by atoms with Gasteiger partial charge in [0.1, 0.15) is 17.4 Å². The van der Waals surface area contributed by atoms with Crippen molar-refractivity contribution in [1.29, 1.82) is 0 Å². The van der Waals surface area contributed by atoms with Gasteiger partial charge in [-0.15, -0.1) is 11.3 Å². The van der Waals surface area contributed by atoms with Gasteiger partial charge in [0, 0.05) is 17.0 Å². The Morgan fingerprint density at radius 2 is 2.19 bits per heavy atom. The second-order valence-corrected chi connectivity index (χ2v) is 5.51. The molecule has 0 aliphatic carbocycles. The minimum absolute atomic E-state index is 0.0539. The molecule has 1 heterocycles. The molecular weight excluding hydrogens is 312 g/mol. The molecule has 0 atom stereocenters. The van der Waals surface area contributed by atoms with Crippen LogP contribution in [-0.2, 0) is 6.61 Å². The summed E-state index contributed by atoms with van der Waals surface area (Å²) in [6, 6.07) is 8.09. The zero-order valence-corrected chi connectivity index (χ0v) is 12.4. The molecule has 5 nitrogen and oxygen atoms in total. The fourth-order valence-corrected chi connectivity index (χ4v) is 2.58. The summed E-state index contributed by atoms with van der Waals surface area (Å²) in [6.45, 7) is 0.675. The summed E-state index contributed by atoms with van der Waals surface area (Å²) in [5.74, 6) is 6.21. The summed E-state index contributed by atoms with van der Waals surface area (Å²) < 4.78 is 5.56. The lowest BCUT2D eigenvalue weighted by atomic mass is 10.3. The molecule has 0 radical (unpaired) electrons. The van der Waals surface area contributed by atoms with Crippen molar-refractivity contribution in [2.45, 2.75) is 6.61 Å². The van der Waals surface area contributed by atoms with Crippen molar-refractivity contribution >= 4 is 28.6 Å². The Labute approximate surface area is 130 Å². The van der Waals surface area contributed by atoms with Gasteiger partial charge in [-0.1, -0.05) is 23.4 Å². The van der Waals surface area contributed by atoms with E-state index in [0.717, 1.165) is 9.75 Å². The van der Waals surface area contributed by atoms with Gasteiger partial charge in [0.15, 0.2) is 0 Å². The van der Waals surface area contributed by atoms with Crippen LogP contribution in [0.5, 0.6) is 5.75 Å². The van der Waals surface area contributed by atoms with Crippen LogP contribution in [0.25, 0.3) is 0 Å². The summed E-state index contributed by atoms with van der Waals surface area (Å²) in [6.07, 6.45) is 0. The second-order valence-electron chi connectivity index (χ2n) is 3.93. The number of thiophene rings is 1. The molecule has 1 aromatic carbocycles. The molecule has 0 bridgehead atoms. The van der Waals surface area contributed by atoms with Crippen molar-refractivity contribution in [3.8, 4) is 17.6 Å². The number of ether oxygens (including phenoxy) is 1. The lowest BCUT2D eigenvalue weighted by Crippen LogP contribution is -1.94. The molecule has 0 spiro atoms. The maximum atomic E-state index is 10.7. The Hall–Kier alpha value is -2.07. The Kier molecular flexibility index (Phi) is 5.17. The van der Waals surface area contributed by atoms with E-state index in [1.54, 1.807) is 0 Å². The SMILES string of the molecule is NCC#Cc1ccc(COc2ccc([N+](=O)[O-])c(Cl)c2)s1. The van der Waals surface area contributed by atoms with Gasteiger partial charge in [-0.2, -0.15) is 0 Å². The van der Waals surface area contributed by atoms with Crippen molar-refractivity contribution < 1.29 is 9.66 Å². The predicted octanol–water partition coefficient (Wildman–Crippen LogP) is 3.20. The van der Waals surface area contributed by atoms with Crippen molar-refractivity contribution in [2.75, 3.05) is 6.54 Å². The van der Waals surface area contributed by atoms with Gasteiger partial charge >= 0.3 is 0 Å². The largest absolute Gasteiger partial charge is 0.488 e. The number of nitrogens with zero attached hydrogens (tertiary/aromatic N) is 1. The molecule has 0 fully saturated rings. The van der Waals surface area contributed by atoms with Gasteiger partial charge in [0.25, 0.3) is 5.69 Å². The highest BCUT2D eigenvalue weighted by molar-refractivity contribution is 7.12. The monoisotopic (exact) mass is 322 g/mol. The highest BCUT2D eigenvalue weighted by Crippen LogP contribution is 2.29. The minimum Gasteiger partial charge on any atom is -0.488 e. The zero-order chi connectivity index (χ0) is 15.2. The molecule has 1 aromatic heterocycles. The van der Waals surface area contributed by atoms with Crippen LogP contribution in [0.4, 0.5) is 5.69 Å². The van der Waals surface area contributed by atoms with Crippen LogP contribution in [0.3, 0.4) is 0 Å². The fourth-order valence-electron chi connectivity index (χ4n) is 1.54. The third-order valence-corrected chi connectivity index (χ3v) is 3.75. The van der Waals surface area contributed by atoms with Crippen LogP contribution in [0.2, 0.25) is 5.02 Å². The van der Waals surface area contributed by atoms with Gasteiger partial charge in [-0.3, -0.25) is 10.1 Å². The first kappa shape index (κ1) is 15.3. The minimum atomic E-state index is -0.534. The standard InChI is InChI=1S/C14H11ClN2O3S/c15-13-8-10(3-6-14(13)17(18)19)20-9-12-5-4-11(21-12)2-1-7-16/h3-6,8H,7,9,16H2. The Morgan fingerprint density at radius 1 is 1.38 bits per heavy atom. The second kappa shape index (κ2) is 7.09. The first-order valence-corrected chi connectivity index (χ1v) is 7.14. The van der Waals surface area contributed by atoms with Crippen molar-refractivity contribution in [3.63, 3.8) is 0 Å². The van der Waals surface area contributed by atoms with Crippen LogP contribution < -0.4 is 10.5 Å². The molecule has 2 rings (SSSR count). The highest BCUT2D eigenvalue weighted by Gasteiger charge is 2.12. The van der Waals surface area contributed by atoms with E-state index in [2.05, 4.69) is 11.8 Å². The predicted molar refractivity (Wildman–Crippen MR) is 82.7 cm³/mol. The van der Waals surface area contributed by atoms with Crippen molar-refractivity contribution in [1.82, 2.24) is 0 Å². The molecule has 0 aliphatic heterocycles. The van der Waals surface area contributed by atoms with E-state index >= 15 is 0 Å². The molecule has 0 unspecified atom stereocenters. The molecule has 0 amide bonds. The lowest BCUT2D eigenvalue weighted by molar-refractivity contribution is -0.384. The number of hydrogen-bond acceptors (Lipinski definition) is 5. The van der Waals surface area contributed by atoms with Crippen LogP contribution >= 0.6 is 22.9 Å². The molecule has 108 valence electrons. The summed E-state index contributed by atoms with van der Waals surface area (Å²) in [5, 5.41) is 10.7. The molecule has 7 heteroatoms. The van der Waals surface area contributed by atoms with Crippen molar-refractivity contribution in [3.05, 3.63) is 55.2 Å². The van der Waals surface area contributed by atoms with Crippen LogP contribution in [0, 0.1) is 22.0 Å². The highest BCUT2D eigenvalue weighted by atomic mass is 35.5. The molecule has 2 aromatic rings. The topological polar surface area (TPSA) is 78.4 Å². The van der Waals surface area contributed by atoms with E-state index in [0.29, 0.717) is 18.9 Å². The van der Waals surface area contributed by atoms with Crippen LogP contribution in [-0.4, -0.2) is 11.5 Å². The van der Waals surface area contributed by atoms with Crippen LogP contribution in [0.1, 0.15) is 9.75 Å². The molecule has 0 saturated carbocycles. The Balaban J connectivity index is 2.01. The Morgan fingerprint density at radius 3 is 2.86 bits per heavy atom. The molecule has 0 aliphatic rings. The number of halogens is 1. The van der Waals surface area contributed by atoms with Gasteiger partial charge in [0.2, 0.25) is 0 Å². The van der Waals surface area contributed by atoms with E-state index in [9.17, 15) is 10.1 Å². The molecule has 21 heavy (non-hydrogen) atoms. The normalized spacial score (nSPS) is 9.81. The van der Waals surface area contributed by atoms with E-state index in [-0.39, 0.29) is 10.7 Å². The number of nitrogens with two attached hydrogens (primary N) is 1. The molecule has 2 N–H and O–H groups in total. The van der Waals surface area contributed by atoms with Gasteiger partial charge in [-0.05, 0) is 18.2 Å². The van der Waals surface area contributed by atoms with Crippen molar-refractivity contribution in [2.24, 2.45) is 5.73 Å². The lowest BCUT2D eigenvalue weighted by Gasteiger charge is -2.04. The van der Waals surface area contributed by atoms with Gasteiger partial charge in [0.05, 0.1) is 16.3 Å². The third-order valence-electron chi connectivity index (χ3n) is 2.47. The summed E-state index contributed by atoms with van der Waals surface area (Å²) in [7, 11) is 0. The van der Waals surface area contributed by atoms with Crippen LogP contribution in [0.15, 0.2) is 30.3 Å². The number of nitro groups is 1. The fraction of sp³-hybridized carbons (Fsp3) is 0.143. The van der Waals surface area contributed by atoms with Gasteiger partial charge in [-0.25, -0.2) is 0 Å². The molecular formula is C14H11ClN2O3S. The number of benzene rings is 1. The average Bonchev–Trinajstić information content (AvgIpc) is 2.90. The van der Waals surface area contributed by atoms with E-state index in [4.69, 9.17) is 22.1 Å². The third kappa shape index (κ3) is 4.20. The average molecular weight is 323 g/mol. The number of hydrogen-bond donors (Lipinski definition) is 1. The summed E-state index contributed by atoms with van der Waals surface area (Å²) >= 11 is 7.33. The van der Waals surface area contributed by atoms with Gasteiger partial charge < -0.3 is 10.5 Å². The maximum Gasteiger partial charge on any atom is 0.288 e. The summed E-state index contributed by atoms with van der Waals surface area (Å²) in [4.78, 5) is 12.0. The maximum absolute atomic E-state index is 10.7. The first-order chi connectivity index (χ1) is 10.1. The number of nitro benzene ring substituents is 1. The summed E-state index contributed by atoms with van der Waals surface area (Å²) in [5.41, 5.74) is 5.17.